The lowest BCUT2D eigenvalue weighted by atomic mass is 10.0. The van der Waals surface area contributed by atoms with Crippen molar-refractivity contribution in [1.82, 2.24) is 0 Å². The molecule has 0 aromatic heterocycles. The van der Waals surface area contributed by atoms with Gasteiger partial charge in [0.25, 0.3) is 0 Å². The number of hydrogen-bond donors (Lipinski definition) is 0. The molecule has 29 heavy (non-hydrogen) atoms. The predicted octanol–water partition coefficient (Wildman–Crippen LogP) is 5.54. The number of benzene rings is 4. The van der Waals surface area contributed by atoms with E-state index in [2.05, 4.69) is 110 Å². The van der Waals surface area contributed by atoms with Gasteiger partial charge in [-0.15, -0.1) is 0 Å². The van der Waals surface area contributed by atoms with Crippen molar-refractivity contribution < 1.29 is 0 Å². The van der Waals surface area contributed by atoms with E-state index in [0.29, 0.717) is 5.56 Å². The van der Waals surface area contributed by atoms with Gasteiger partial charge in [0.2, 0.25) is 0 Å². The summed E-state index contributed by atoms with van der Waals surface area (Å²) >= 11 is 0. The van der Waals surface area contributed by atoms with Crippen LogP contribution in [0.15, 0.2) is 109 Å². The Labute approximate surface area is 173 Å². The molecular formula is C27H23NP+. The van der Waals surface area contributed by atoms with Crippen molar-refractivity contribution in [2.45, 2.75) is 6.92 Å². The molecule has 0 fully saturated rings. The van der Waals surface area contributed by atoms with Crippen LogP contribution in [0.25, 0.3) is 11.1 Å². The summed E-state index contributed by atoms with van der Waals surface area (Å²) < 4.78 is 0. The maximum atomic E-state index is 9.17. The highest BCUT2D eigenvalue weighted by Crippen LogP contribution is 2.56. The molecule has 0 atom stereocenters. The highest BCUT2D eigenvalue weighted by Gasteiger charge is 2.45. The molecule has 0 bridgehead atoms. The minimum atomic E-state index is -1.82. The van der Waals surface area contributed by atoms with E-state index in [4.69, 9.17) is 0 Å². The summed E-state index contributed by atoms with van der Waals surface area (Å²) in [6, 6.07) is 40.8. The van der Waals surface area contributed by atoms with E-state index >= 15 is 0 Å². The molecule has 1 nitrogen and oxygen atoms in total. The Hall–Kier alpha value is -3.20. The third kappa shape index (κ3) is 3.49. The largest absolute Gasteiger partial charge is 0.192 e. The fourth-order valence-electron chi connectivity index (χ4n) is 4.10. The number of hydrogen-bond acceptors (Lipinski definition) is 1. The third-order valence-corrected chi connectivity index (χ3v) is 10.0. The van der Waals surface area contributed by atoms with Crippen LogP contribution in [0.4, 0.5) is 0 Å². The molecule has 0 spiro atoms. The second-order valence-corrected chi connectivity index (χ2v) is 10.8. The zero-order valence-corrected chi connectivity index (χ0v) is 17.4. The number of nitrogens with zero attached hydrogens (tertiary/aromatic N) is 1. The van der Waals surface area contributed by atoms with E-state index in [9.17, 15) is 5.26 Å². The number of rotatable bonds is 5. The summed E-state index contributed by atoms with van der Waals surface area (Å²) in [5.74, 6) is 0. The van der Waals surface area contributed by atoms with E-state index < -0.39 is 7.26 Å². The van der Waals surface area contributed by atoms with Crippen molar-refractivity contribution in [3.05, 3.63) is 115 Å². The Bertz CT molecular complexity index is 1090. The van der Waals surface area contributed by atoms with Crippen LogP contribution in [0.1, 0.15) is 12.5 Å². The molecule has 0 saturated carbocycles. The zero-order chi connectivity index (χ0) is 20.1. The second-order valence-electron chi connectivity index (χ2n) is 7.00. The van der Waals surface area contributed by atoms with Crippen LogP contribution in [0.5, 0.6) is 0 Å². The Balaban J connectivity index is 2.01. The van der Waals surface area contributed by atoms with Gasteiger partial charge in [0.1, 0.15) is 23.2 Å². The SMILES string of the molecule is CC[P+](c1ccccc1)(c1ccccc1)c1ccccc1-c1ccc(C#N)cc1. The monoisotopic (exact) mass is 392 g/mol. The molecule has 0 amide bonds. The average molecular weight is 392 g/mol. The molecule has 0 unspecified atom stereocenters. The molecule has 0 aliphatic heterocycles. The molecule has 0 N–H and O–H groups in total. The predicted molar refractivity (Wildman–Crippen MR) is 126 cm³/mol. The second kappa shape index (κ2) is 8.44. The van der Waals surface area contributed by atoms with Crippen LogP contribution in [0, 0.1) is 11.3 Å². The zero-order valence-electron chi connectivity index (χ0n) is 16.5. The van der Waals surface area contributed by atoms with Crippen LogP contribution < -0.4 is 15.9 Å². The quantitative estimate of drug-likeness (QED) is 0.409. The highest BCUT2D eigenvalue weighted by atomic mass is 31.2. The minimum Gasteiger partial charge on any atom is -0.192 e. The number of nitriles is 1. The first-order valence-electron chi connectivity index (χ1n) is 9.89. The Kier molecular flexibility index (Phi) is 5.57. The van der Waals surface area contributed by atoms with Gasteiger partial charge in [0.05, 0.1) is 17.8 Å². The van der Waals surface area contributed by atoms with Gasteiger partial charge < -0.3 is 0 Å². The Morgan fingerprint density at radius 3 is 1.69 bits per heavy atom. The fourth-order valence-corrected chi connectivity index (χ4v) is 8.35. The normalized spacial score (nSPS) is 11.0. The highest BCUT2D eigenvalue weighted by molar-refractivity contribution is 7.95. The van der Waals surface area contributed by atoms with Gasteiger partial charge in [-0.05, 0) is 55.0 Å². The molecule has 4 aromatic carbocycles. The molecule has 0 aliphatic rings. The lowest BCUT2D eigenvalue weighted by molar-refractivity contribution is 1.48. The lowest BCUT2D eigenvalue weighted by Gasteiger charge is -2.28. The maximum Gasteiger partial charge on any atom is 0.112 e. The standard InChI is InChI=1S/C27H23NP/c1-2-29(24-11-5-3-6-12-24,25-13-7-4-8-14-25)27-16-10-9-15-26(27)23-19-17-22(21-28)18-20-23/h3-20H,2H2,1H3/q+1. The summed E-state index contributed by atoms with van der Waals surface area (Å²) in [5, 5.41) is 13.4. The van der Waals surface area contributed by atoms with E-state index in [-0.39, 0.29) is 0 Å². The van der Waals surface area contributed by atoms with E-state index in [0.717, 1.165) is 11.7 Å². The topological polar surface area (TPSA) is 23.8 Å². The molecule has 0 radical (unpaired) electrons. The van der Waals surface area contributed by atoms with Crippen molar-refractivity contribution in [1.29, 1.82) is 5.26 Å². The molecule has 4 aromatic rings. The van der Waals surface area contributed by atoms with Gasteiger partial charge in [-0.2, -0.15) is 5.26 Å². The summed E-state index contributed by atoms with van der Waals surface area (Å²) in [6.45, 7) is 2.31. The van der Waals surface area contributed by atoms with Gasteiger partial charge in [0.15, 0.2) is 0 Å². The first kappa shape index (κ1) is 19.1. The first-order valence-corrected chi connectivity index (χ1v) is 11.9. The molecule has 0 heterocycles. The molecule has 140 valence electrons. The average Bonchev–Trinajstić information content (AvgIpc) is 2.82. The van der Waals surface area contributed by atoms with Crippen LogP contribution in [-0.2, 0) is 0 Å². The van der Waals surface area contributed by atoms with E-state index in [1.807, 2.05) is 12.1 Å². The first-order chi connectivity index (χ1) is 14.3. The van der Waals surface area contributed by atoms with Crippen molar-refractivity contribution in [3.8, 4) is 17.2 Å². The maximum absolute atomic E-state index is 9.17. The summed E-state index contributed by atoms with van der Waals surface area (Å²) in [6.07, 6.45) is 1.05. The lowest BCUT2D eigenvalue weighted by Crippen LogP contribution is -2.33. The van der Waals surface area contributed by atoms with Crippen molar-refractivity contribution >= 4 is 23.2 Å². The van der Waals surface area contributed by atoms with Gasteiger partial charge in [-0.25, -0.2) is 0 Å². The van der Waals surface area contributed by atoms with Gasteiger partial charge >= 0.3 is 0 Å². The summed E-state index contributed by atoms with van der Waals surface area (Å²) in [7, 11) is -1.82. The van der Waals surface area contributed by atoms with E-state index in [1.165, 1.54) is 21.5 Å². The van der Waals surface area contributed by atoms with Crippen LogP contribution >= 0.6 is 7.26 Å². The summed E-state index contributed by atoms with van der Waals surface area (Å²) in [4.78, 5) is 0. The molecule has 4 rings (SSSR count). The molecule has 0 aliphatic carbocycles. The van der Waals surface area contributed by atoms with E-state index in [1.54, 1.807) is 0 Å². The molecular weight excluding hydrogens is 369 g/mol. The third-order valence-electron chi connectivity index (χ3n) is 5.51. The smallest absolute Gasteiger partial charge is 0.112 e. The van der Waals surface area contributed by atoms with Gasteiger partial charge in [-0.1, -0.05) is 66.7 Å². The van der Waals surface area contributed by atoms with Crippen molar-refractivity contribution in [3.63, 3.8) is 0 Å². The Morgan fingerprint density at radius 1 is 0.655 bits per heavy atom. The Morgan fingerprint density at radius 2 is 1.17 bits per heavy atom. The van der Waals surface area contributed by atoms with Crippen LogP contribution in [0.2, 0.25) is 0 Å². The minimum absolute atomic E-state index is 0.689. The van der Waals surface area contributed by atoms with Gasteiger partial charge in [0, 0.05) is 5.56 Å². The van der Waals surface area contributed by atoms with Crippen molar-refractivity contribution in [2.24, 2.45) is 0 Å². The van der Waals surface area contributed by atoms with Gasteiger partial charge in [-0.3, -0.25) is 0 Å². The van der Waals surface area contributed by atoms with Crippen LogP contribution in [0.3, 0.4) is 0 Å². The molecule has 0 saturated heterocycles. The van der Waals surface area contributed by atoms with Crippen molar-refractivity contribution in [2.75, 3.05) is 6.16 Å². The summed E-state index contributed by atoms with van der Waals surface area (Å²) in [5.41, 5.74) is 3.10. The van der Waals surface area contributed by atoms with Crippen LogP contribution in [-0.4, -0.2) is 6.16 Å². The fraction of sp³-hybridized carbons (Fsp3) is 0.0741. The molecule has 2 heteroatoms.